The normalized spacial score (nSPS) is 16.1. The number of hydrogen-bond acceptors (Lipinski definition) is 1. The third kappa shape index (κ3) is 1.37. The molecule has 1 aromatic carbocycles. The fourth-order valence-electron chi connectivity index (χ4n) is 2.66. The minimum atomic E-state index is 0.989. The van der Waals surface area contributed by atoms with Crippen LogP contribution in [0.25, 0.3) is 10.9 Å². The van der Waals surface area contributed by atoms with E-state index in [1.165, 1.54) is 46.1 Å². The highest BCUT2D eigenvalue weighted by molar-refractivity contribution is 5.88. The molecule has 1 aliphatic heterocycles. The van der Waals surface area contributed by atoms with E-state index in [-0.39, 0.29) is 0 Å². The largest absolute Gasteiger partial charge is 0.357 e. The Bertz CT molecular complexity index is 537. The second-order valence-electron chi connectivity index (χ2n) is 4.79. The van der Waals surface area contributed by atoms with Gasteiger partial charge in [0.15, 0.2) is 0 Å². The van der Waals surface area contributed by atoms with Crippen molar-refractivity contribution in [2.24, 2.45) is 0 Å². The van der Waals surface area contributed by atoms with Crippen LogP contribution in [0.2, 0.25) is 0 Å². The van der Waals surface area contributed by atoms with Gasteiger partial charge in [0.05, 0.1) is 0 Å². The van der Waals surface area contributed by atoms with E-state index in [4.69, 9.17) is 0 Å². The van der Waals surface area contributed by atoms with Gasteiger partial charge in [0.2, 0.25) is 0 Å². The molecular weight excluding hydrogens is 196 g/mol. The van der Waals surface area contributed by atoms with Crippen LogP contribution >= 0.6 is 0 Å². The van der Waals surface area contributed by atoms with Gasteiger partial charge in [0.1, 0.15) is 0 Å². The van der Waals surface area contributed by atoms with Gasteiger partial charge in [-0.15, -0.1) is 0 Å². The summed E-state index contributed by atoms with van der Waals surface area (Å²) in [6, 6.07) is 4.52. The highest BCUT2D eigenvalue weighted by Crippen LogP contribution is 2.28. The fraction of sp³-hybridized carbons (Fsp3) is 0.429. The van der Waals surface area contributed by atoms with Gasteiger partial charge in [-0.1, -0.05) is 12.1 Å². The van der Waals surface area contributed by atoms with Gasteiger partial charge in [0, 0.05) is 23.1 Å². The van der Waals surface area contributed by atoms with Gasteiger partial charge in [-0.25, -0.2) is 0 Å². The molecule has 0 atom stereocenters. The van der Waals surface area contributed by atoms with Crippen molar-refractivity contribution in [1.82, 2.24) is 10.3 Å². The van der Waals surface area contributed by atoms with E-state index in [0.29, 0.717) is 0 Å². The van der Waals surface area contributed by atoms with Crippen LogP contribution in [-0.4, -0.2) is 11.5 Å². The van der Waals surface area contributed by atoms with Crippen LogP contribution in [0.4, 0.5) is 0 Å². The molecule has 0 radical (unpaired) electrons. The van der Waals surface area contributed by atoms with Crippen LogP contribution in [0.3, 0.4) is 0 Å². The first-order chi connectivity index (χ1) is 7.77. The Morgan fingerprint density at radius 2 is 2.06 bits per heavy atom. The predicted octanol–water partition coefficient (Wildman–Crippen LogP) is 2.82. The van der Waals surface area contributed by atoms with E-state index < -0.39 is 0 Å². The molecule has 2 N–H and O–H groups in total. The van der Waals surface area contributed by atoms with Crippen molar-refractivity contribution in [1.29, 1.82) is 0 Å². The first kappa shape index (κ1) is 9.91. The lowest BCUT2D eigenvalue weighted by Crippen LogP contribution is -2.12. The Labute approximate surface area is 96.1 Å². The Hall–Kier alpha value is -1.28. The molecule has 0 aliphatic carbocycles. The van der Waals surface area contributed by atoms with Gasteiger partial charge in [0.25, 0.3) is 0 Å². The molecule has 0 unspecified atom stereocenters. The number of benzene rings is 1. The van der Waals surface area contributed by atoms with Gasteiger partial charge in [-0.3, -0.25) is 0 Å². The molecule has 0 saturated carbocycles. The average molecular weight is 214 g/mol. The van der Waals surface area contributed by atoms with E-state index >= 15 is 0 Å². The van der Waals surface area contributed by atoms with Crippen molar-refractivity contribution >= 4 is 10.9 Å². The Morgan fingerprint density at radius 3 is 2.94 bits per heavy atom. The van der Waals surface area contributed by atoms with Gasteiger partial charge >= 0.3 is 0 Å². The maximum atomic E-state index is 3.60. The number of H-pyrrole nitrogens is 1. The van der Waals surface area contributed by atoms with E-state index in [0.717, 1.165) is 13.1 Å². The lowest BCUT2D eigenvalue weighted by atomic mass is 10.0. The van der Waals surface area contributed by atoms with E-state index in [2.05, 4.69) is 36.3 Å². The molecule has 2 heteroatoms. The summed E-state index contributed by atoms with van der Waals surface area (Å²) >= 11 is 0. The molecule has 2 nitrogen and oxygen atoms in total. The Kier molecular flexibility index (Phi) is 2.25. The molecule has 1 aromatic heterocycles. The quantitative estimate of drug-likeness (QED) is 0.693. The molecule has 1 aliphatic rings. The van der Waals surface area contributed by atoms with E-state index in [1.54, 1.807) is 0 Å². The number of nitrogens with one attached hydrogen (secondary N) is 2. The molecule has 0 bridgehead atoms. The zero-order valence-electron chi connectivity index (χ0n) is 9.98. The number of aromatic amines is 1. The Morgan fingerprint density at radius 1 is 1.19 bits per heavy atom. The molecule has 0 saturated heterocycles. The minimum absolute atomic E-state index is 0.989. The zero-order valence-corrected chi connectivity index (χ0v) is 9.98. The third-order valence-electron chi connectivity index (χ3n) is 3.78. The van der Waals surface area contributed by atoms with Crippen LogP contribution in [0, 0.1) is 13.8 Å². The van der Waals surface area contributed by atoms with Crippen molar-refractivity contribution in [3.63, 3.8) is 0 Å². The van der Waals surface area contributed by atoms with Crippen LogP contribution in [0.5, 0.6) is 0 Å². The topological polar surface area (TPSA) is 27.8 Å². The summed E-state index contributed by atoms with van der Waals surface area (Å²) in [5, 5.41) is 4.90. The summed E-state index contributed by atoms with van der Waals surface area (Å²) in [6.07, 6.45) is 2.44. The molecule has 0 amide bonds. The molecule has 3 rings (SSSR count). The number of aryl methyl sites for hydroxylation is 3. The van der Waals surface area contributed by atoms with E-state index in [9.17, 15) is 0 Å². The van der Waals surface area contributed by atoms with Gasteiger partial charge in [-0.05, 0) is 49.9 Å². The molecule has 0 spiro atoms. The monoisotopic (exact) mass is 214 g/mol. The fourth-order valence-corrected chi connectivity index (χ4v) is 2.66. The maximum absolute atomic E-state index is 3.60. The van der Waals surface area contributed by atoms with Gasteiger partial charge in [-0.2, -0.15) is 0 Å². The van der Waals surface area contributed by atoms with Gasteiger partial charge < -0.3 is 10.3 Å². The van der Waals surface area contributed by atoms with Crippen molar-refractivity contribution in [3.05, 3.63) is 34.5 Å². The van der Waals surface area contributed by atoms with Crippen LogP contribution in [0.1, 0.15) is 28.8 Å². The third-order valence-corrected chi connectivity index (χ3v) is 3.78. The summed E-state index contributed by atoms with van der Waals surface area (Å²) in [7, 11) is 0. The van der Waals surface area contributed by atoms with Crippen molar-refractivity contribution in [2.45, 2.75) is 33.2 Å². The number of rotatable bonds is 0. The summed E-state index contributed by atoms with van der Waals surface area (Å²) in [6.45, 7) is 6.51. The summed E-state index contributed by atoms with van der Waals surface area (Å²) < 4.78 is 0. The molecule has 0 fully saturated rings. The molecule has 16 heavy (non-hydrogen) atoms. The SMILES string of the molecule is Cc1ccc2c3c([nH]c2c1C)CNCCC3. The first-order valence-corrected chi connectivity index (χ1v) is 6.07. The Balaban J connectivity index is 2.28. The van der Waals surface area contributed by atoms with Crippen LogP contribution < -0.4 is 5.32 Å². The lowest BCUT2D eigenvalue weighted by Gasteiger charge is -2.02. The highest BCUT2D eigenvalue weighted by atomic mass is 14.9. The number of aromatic nitrogens is 1. The second-order valence-corrected chi connectivity index (χ2v) is 4.79. The van der Waals surface area contributed by atoms with Crippen molar-refractivity contribution in [3.8, 4) is 0 Å². The minimum Gasteiger partial charge on any atom is -0.357 e. The summed E-state index contributed by atoms with van der Waals surface area (Å²) in [5.74, 6) is 0. The molecular formula is C14H18N2. The standard InChI is InChI=1S/C14H18N2/c1-9-5-6-12-11-4-3-7-15-8-13(11)16-14(12)10(9)2/h5-6,15-16H,3-4,7-8H2,1-2H3. The maximum Gasteiger partial charge on any atom is 0.0491 e. The second kappa shape index (κ2) is 3.63. The first-order valence-electron chi connectivity index (χ1n) is 6.07. The lowest BCUT2D eigenvalue weighted by molar-refractivity contribution is 0.675. The zero-order chi connectivity index (χ0) is 11.1. The number of fused-ring (bicyclic) bond motifs is 3. The summed E-state index contributed by atoms with van der Waals surface area (Å²) in [4.78, 5) is 3.60. The predicted molar refractivity (Wildman–Crippen MR) is 67.8 cm³/mol. The van der Waals surface area contributed by atoms with Crippen molar-refractivity contribution in [2.75, 3.05) is 6.54 Å². The average Bonchev–Trinajstić information content (AvgIpc) is 2.47. The van der Waals surface area contributed by atoms with E-state index in [1.807, 2.05) is 0 Å². The van der Waals surface area contributed by atoms with Crippen LogP contribution in [-0.2, 0) is 13.0 Å². The van der Waals surface area contributed by atoms with Crippen LogP contribution in [0.15, 0.2) is 12.1 Å². The molecule has 2 aromatic rings. The number of hydrogen-bond donors (Lipinski definition) is 2. The molecule has 2 heterocycles. The van der Waals surface area contributed by atoms with Crippen molar-refractivity contribution < 1.29 is 0 Å². The highest BCUT2D eigenvalue weighted by Gasteiger charge is 2.15. The summed E-state index contributed by atoms with van der Waals surface area (Å²) in [5.41, 5.74) is 7.03. The smallest absolute Gasteiger partial charge is 0.0491 e. The molecule has 84 valence electrons.